The molecule has 1 N–H and O–H groups in total. The molecule has 0 atom stereocenters. The molecule has 4 nitrogen and oxygen atoms in total. The molecule has 0 fully saturated rings. The van der Waals surface area contributed by atoms with Gasteiger partial charge in [-0.1, -0.05) is 60.7 Å². The smallest absolute Gasteiger partial charge is 0.325 e. The molecule has 4 rings (SSSR count). The number of phenols is 1. The number of carbonyl (C=O) groups is 1. The van der Waals surface area contributed by atoms with Crippen LogP contribution in [-0.2, 0) is 16.1 Å². The van der Waals surface area contributed by atoms with Gasteiger partial charge in [-0.25, -0.2) is 0 Å². The zero-order valence-electron chi connectivity index (χ0n) is 14.9. The molecule has 0 amide bonds. The van der Waals surface area contributed by atoms with E-state index in [1.807, 2.05) is 65.2 Å². The highest BCUT2D eigenvalue weighted by atomic mass is 16.5. The van der Waals surface area contributed by atoms with Crippen molar-refractivity contribution in [1.82, 2.24) is 4.57 Å². The lowest BCUT2D eigenvalue weighted by molar-refractivity contribution is -0.141. The summed E-state index contributed by atoms with van der Waals surface area (Å²) in [6, 6.07) is 25.2. The molecule has 0 aliphatic rings. The van der Waals surface area contributed by atoms with Crippen LogP contribution in [0.2, 0.25) is 0 Å². The molecule has 1 heterocycles. The van der Waals surface area contributed by atoms with Gasteiger partial charge in [0.1, 0.15) is 12.3 Å². The van der Waals surface area contributed by atoms with Crippen molar-refractivity contribution in [3.05, 3.63) is 78.9 Å². The van der Waals surface area contributed by atoms with E-state index < -0.39 is 0 Å². The predicted octanol–water partition coefficient (Wildman–Crippen LogP) is 4.85. The summed E-state index contributed by atoms with van der Waals surface area (Å²) >= 11 is 0. The minimum Gasteiger partial charge on any atom is -0.508 e. The van der Waals surface area contributed by atoms with Gasteiger partial charge in [0.2, 0.25) is 0 Å². The van der Waals surface area contributed by atoms with E-state index >= 15 is 0 Å². The highest BCUT2D eigenvalue weighted by molar-refractivity contribution is 6.05. The quantitative estimate of drug-likeness (QED) is 0.531. The molecule has 134 valence electrons. The molecule has 3 aromatic carbocycles. The normalized spacial score (nSPS) is 10.9. The molecule has 0 aliphatic heterocycles. The van der Waals surface area contributed by atoms with Crippen molar-refractivity contribution in [2.45, 2.75) is 6.54 Å². The topological polar surface area (TPSA) is 51.5 Å². The largest absolute Gasteiger partial charge is 0.508 e. The van der Waals surface area contributed by atoms with Crippen molar-refractivity contribution in [2.75, 3.05) is 7.11 Å². The number of phenolic OH excluding ortho intramolecular Hbond substituents is 1. The SMILES string of the molecule is COC(=O)Cn1c(-c2ccccc2)c(-c2ccc(O)cc2)c2ccccc21. The van der Waals surface area contributed by atoms with Gasteiger partial charge in [-0.2, -0.15) is 0 Å². The molecule has 0 spiro atoms. The van der Waals surface area contributed by atoms with Crippen LogP contribution in [0.3, 0.4) is 0 Å². The summed E-state index contributed by atoms with van der Waals surface area (Å²) in [7, 11) is 1.40. The Hall–Kier alpha value is -3.53. The second kappa shape index (κ2) is 7.00. The summed E-state index contributed by atoms with van der Waals surface area (Å²) < 4.78 is 6.93. The monoisotopic (exact) mass is 357 g/mol. The van der Waals surface area contributed by atoms with Gasteiger partial charge in [0.25, 0.3) is 0 Å². The Morgan fingerprint density at radius 1 is 0.889 bits per heavy atom. The number of nitrogens with zero attached hydrogens (tertiary/aromatic N) is 1. The average molecular weight is 357 g/mol. The molecule has 4 aromatic rings. The first-order valence-corrected chi connectivity index (χ1v) is 8.72. The fraction of sp³-hybridized carbons (Fsp3) is 0.0870. The summed E-state index contributed by atoms with van der Waals surface area (Å²) in [5.41, 5.74) is 4.94. The minimum absolute atomic E-state index is 0.124. The molecule has 0 unspecified atom stereocenters. The van der Waals surface area contributed by atoms with E-state index in [4.69, 9.17) is 4.74 Å². The van der Waals surface area contributed by atoms with Gasteiger partial charge in [-0.3, -0.25) is 4.79 Å². The van der Waals surface area contributed by atoms with Crippen LogP contribution >= 0.6 is 0 Å². The van der Waals surface area contributed by atoms with Crippen LogP contribution in [0, 0.1) is 0 Å². The Balaban J connectivity index is 2.08. The third kappa shape index (κ3) is 3.06. The van der Waals surface area contributed by atoms with E-state index in [0.29, 0.717) is 0 Å². The summed E-state index contributed by atoms with van der Waals surface area (Å²) in [5.74, 6) is -0.0801. The van der Waals surface area contributed by atoms with Crippen LogP contribution < -0.4 is 0 Å². The summed E-state index contributed by atoms with van der Waals surface area (Å²) in [6.07, 6.45) is 0. The summed E-state index contributed by atoms with van der Waals surface area (Å²) in [5, 5.41) is 10.7. The highest BCUT2D eigenvalue weighted by Crippen LogP contribution is 2.41. The summed E-state index contributed by atoms with van der Waals surface area (Å²) in [4.78, 5) is 12.1. The van der Waals surface area contributed by atoms with Crippen molar-refractivity contribution < 1.29 is 14.6 Å². The fourth-order valence-corrected chi connectivity index (χ4v) is 3.48. The maximum absolute atomic E-state index is 12.1. The van der Waals surface area contributed by atoms with Gasteiger partial charge < -0.3 is 14.4 Å². The van der Waals surface area contributed by atoms with E-state index in [-0.39, 0.29) is 18.3 Å². The first kappa shape index (κ1) is 16.9. The second-order valence-corrected chi connectivity index (χ2v) is 6.32. The number of methoxy groups -OCH3 is 1. The van der Waals surface area contributed by atoms with Crippen LogP contribution in [0.25, 0.3) is 33.3 Å². The highest BCUT2D eigenvalue weighted by Gasteiger charge is 2.21. The van der Waals surface area contributed by atoms with Crippen LogP contribution in [-0.4, -0.2) is 22.8 Å². The minimum atomic E-state index is -0.301. The standard InChI is InChI=1S/C23H19NO3/c1-27-21(26)15-24-20-10-6-5-9-19(20)22(16-11-13-18(25)14-12-16)23(24)17-7-3-2-4-8-17/h2-14,25H,15H2,1H3. The number of esters is 1. The van der Waals surface area contributed by atoms with Crippen molar-refractivity contribution >= 4 is 16.9 Å². The fourth-order valence-electron chi connectivity index (χ4n) is 3.48. The zero-order valence-corrected chi connectivity index (χ0v) is 14.9. The number of hydrogen-bond donors (Lipinski definition) is 1. The maximum Gasteiger partial charge on any atom is 0.325 e. The van der Waals surface area contributed by atoms with E-state index in [9.17, 15) is 9.90 Å². The molecular weight excluding hydrogens is 338 g/mol. The van der Waals surface area contributed by atoms with Gasteiger partial charge in [0.15, 0.2) is 0 Å². The van der Waals surface area contributed by atoms with E-state index in [1.165, 1.54) is 7.11 Å². The molecule has 0 aliphatic carbocycles. The summed E-state index contributed by atoms with van der Waals surface area (Å²) in [6.45, 7) is 0.124. The van der Waals surface area contributed by atoms with E-state index in [1.54, 1.807) is 12.1 Å². The number of hydrogen-bond acceptors (Lipinski definition) is 3. The van der Waals surface area contributed by atoms with Gasteiger partial charge in [-0.15, -0.1) is 0 Å². The number of aromatic hydroxyl groups is 1. The van der Waals surface area contributed by atoms with Crippen molar-refractivity contribution in [3.8, 4) is 28.1 Å². The van der Waals surface area contributed by atoms with Crippen molar-refractivity contribution in [3.63, 3.8) is 0 Å². The van der Waals surface area contributed by atoms with Crippen molar-refractivity contribution in [2.24, 2.45) is 0 Å². The lowest BCUT2D eigenvalue weighted by Crippen LogP contribution is -2.12. The number of benzene rings is 3. The Kier molecular flexibility index (Phi) is 4.38. The van der Waals surface area contributed by atoms with Gasteiger partial charge in [0.05, 0.1) is 12.8 Å². The van der Waals surface area contributed by atoms with Crippen LogP contribution in [0.5, 0.6) is 5.75 Å². The number of carbonyl (C=O) groups excluding carboxylic acids is 1. The number of ether oxygens (including phenoxy) is 1. The maximum atomic E-state index is 12.1. The number of fused-ring (bicyclic) bond motifs is 1. The number of para-hydroxylation sites is 1. The van der Waals surface area contributed by atoms with Gasteiger partial charge >= 0.3 is 5.97 Å². The number of rotatable bonds is 4. The van der Waals surface area contributed by atoms with Gasteiger partial charge in [-0.05, 0) is 29.3 Å². The Bertz CT molecular complexity index is 1100. The van der Waals surface area contributed by atoms with Crippen LogP contribution in [0.1, 0.15) is 0 Å². The average Bonchev–Trinajstić information content (AvgIpc) is 3.03. The predicted molar refractivity (Wildman–Crippen MR) is 106 cm³/mol. The molecule has 0 saturated heterocycles. The molecule has 4 heteroatoms. The first-order chi connectivity index (χ1) is 13.2. The number of aromatic nitrogens is 1. The molecular formula is C23H19NO3. The molecule has 1 aromatic heterocycles. The van der Waals surface area contributed by atoms with Gasteiger partial charge in [0, 0.05) is 16.5 Å². The van der Waals surface area contributed by atoms with Crippen LogP contribution in [0.15, 0.2) is 78.9 Å². The van der Waals surface area contributed by atoms with E-state index in [0.717, 1.165) is 33.3 Å². The Labute approximate surface area is 157 Å². The third-order valence-electron chi connectivity index (χ3n) is 4.69. The third-order valence-corrected chi connectivity index (χ3v) is 4.69. The second-order valence-electron chi connectivity index (χ2n) is 6.32. The lowest BCUT2D eigenvalue weighted by Gasteiger charge is -2.12. The van der Waals surface area contributed by atoms with Crippen molar-refractivity contribution in [1.29, 1.82) is 0 Å². The first-order valence-electron chi connectivity index (χ1n) is 8.72. The molecule has 0 saturated carbocycles. The van der Waals surface area contributed by atoms with Crippen LogP contribution in [0.4, 0.5) is 0 Å². The molecule has 0 bridgehead atoms. The molecule has 27 heavy (non-hydrogen) atoms. The van der Waals surface area contributed by atoms with E-state index in [2.05, 4.69) is 6.07 Å². The lowest BCUT2D eigenvalue weighted by atomic mass is 9.98. The Morgan fingerprint density at radius 3 is 2.26 bits per heavy atom. The Morgan fingerprint density at radius 2 is 1.56 bits per heavy atom. The molecule has 0 radical (unpaired) electrons. The zero-order chi connectivity index (χ0) is 18.8.